The van der Waals surface area contributed by atoms with Crippen LogP contribution in [0.3, 0.4) is 0 Å². The normalized spacial score (nSPS) is 16.9. The summed E-state index contributed by atoms with van der Waals surface area (Å²) in [6.45, 7) is 4.84. The van der Waals surface area contributed by atoms with Gasteiger partial charge in [-0.2, -0.15) is 4.31 Å². The molecule has 0 saturated carbocycles. The summed E-state index contributed by atoms with van der Waals surface area (Å²) in [5.74, 6) is 0.591. The van der Waals surface area contributed by atoms with Crippen molar-refractivity contribution >= 4 is 10.0 Å². The van der Waals surface area contributed by atoms with Crippen LogP contribution in [0.15, 0.2) is 47.5 Å². The van der Waals surface area contributed by atoms with E-state index in [1.165, 1.54) is 0 Å². The summed E-state index contributed by atoms with van der Waals surface area (Å²) < 4.78 is 33.0. The smallest absolute Gasteiger partial charge is 0.243 e. The molecule has 1 aromatic heterocycles. The molecule has 24 heavy (non-hydrogen) atoms. The third kappa shape index (κ3) is 3.60. The Morgan fingerprint density at radius 2 is 1.83 bits per heavy atom. The highest BCUT2D eigenvalue weighted by Gasteiger charge is 2.30. The van der Waals surface area contributed by atoms with Crippen LogP contribution in [-0.4, -0.2) is 36.9 Å². The highest BCUT2D eigenvalue weighted by molar-refractivity contribution is 7.89. The Bertz CT molecular complexity index is 798. The minimum absolute atomic E-state index is 0.00565. The molecule has 0 spiro atoms. The van der Waals surface area contributed by atoms with Crippen molar-refractivity contribution in [1.29, 1.82) is 0 Å². The molecule has 0 atom stereocenters. The zero-order chi connectivity index (χ0) is 17.2. The fourth-order valence-corrected chi connectivity index (χ4v) is 4.36. The second kappa shape index (κ2) is 6.91. The Labute approximate surface area is 143 Å². The molecule has 0 unspecified atom stereocenters. The molecule has 5 nitrogen and oxygen atoms in total. The van der Waals surface area contributed by atoms with Gasteiger partial charge >= 0.3 is 0 Å². The van der Waals surface area contributed by atoms with Gasteiger partial charge in [-0.1, -0.05) is 12.1 Å². The maximum Gasteiger partial charge on any atom is 0.243 e. The van der Waals surface area contributed by atoms with Crippen LogP contribution < -0.4 is 4.74 Å². The maximum atomic E-state index is 12.8. The molecule has 1 aliphatic heterocycles. The minimum Gasteiger partial charge on any atom is -0.474 e. The summed E-state index contributed by atoms with van der Waals surface area (Å²) in [5, 5.41) is 0. The van der Waals surface area contributed by atoms with Crippen molar-refractivity contribution in [2.45, 2.75) is 37.7 Å². The average Bonchev–Trinajstić information content (AvgIpc) is 2.58. The Balaban J connectivity index is 1.66. The maximum absolute atomic E-state index is 12.8. The van der Waals surface area contributed by atoms with Gasteiger partial charge in [-0.25, -0.2) is 13.4 Å². The third-order valence-electron chi connectivity index (χ3n) is 4.44. The van der Waals surface area contributed by atoms with E-state index in [1.807, 2.05) is 38.1 Å². The van der Waals surface area contributed by atoms with Gasteiger partial charge in [-0.3, -0.25) is 0 Å². The summed E-state index contributed by atoms with van der Waals surface area (Å²) in [6.07, 6.45) is 3.03. The lowest BCUT2D eigenvalue weighted by Crippen LogP contribution is -2.41. The summed E-state index contributed by atoms with van der Waals surface area (Å²) in [4.78, 5) is 4.52. The quantitative estimate of drug-likeness (QED) is 0.854. The first-order valence-electron chi connectivity index (χ1n) is 8.12. The molecule has 0 aliphatic carbocycles. The van der Waals surface area contributed by atoms with Gasteiger partial charge in [0.05, 0.1) is 4.90 Å². The van der Waals surface area contributed by atoms with Gasteiger partial charge in [-0.05, 0) is 56.0 Å². The van der Waals surface area contributed by atoms with E-state index in [2.05, 4.69) is 4.98 Å². The number of rotatable bonds is 4. The Morgan fingerprint density at radius 1 is 1.08 bits per heavy atom. The first-order valence-corrected chi connectivity index (χ1v) is 9.56. The van der Waals surface area contributed by atoms with Crippen molar-refractivity contribution in [2.75, 3.05) is 13.1 Å². The van der Waals surface area contributed by atoms with Gasteiger partial charge in [0.15, 0.2) is 0 Å². The van der Waals surface area contributed by atoms with Crippen LogP contribution in [0.4, 0.5) is 0 Å². The van der Waals surface area contributed by atoms with E-state index in [1.54, 1.807) is 22.6 Å². The number of benzene rings is 1. The number of sulfonamides is 1. The standard InChI is InChI=1S/C18H22N2O3S/c1-14-6-7-17(13-15(14)2)24(21,22)20-11-8-16(9-12-20)23-18-5-3-4-10-19-18/h3-7,10,13,16H,8-9,11-12H2,1-2H3. The van der Waals surface area contributed by atoms with E-state index < -0.39 is 10.0 Å². The number of hydrogen-bond donors (Lipinski definition) is 0. The third-order valence-corrected chi connectivity index (χ3v) is 6.34. The zero-order valence-corrected chi connectivity index (χ0v) is 14.8. The lowest BCUT2D eigenvalue weighted by molar-refractivity contribution is 0.130. The highest BCUT2D eigenvalue weighted by Crippen LogP contribution is 2.24. The fourth-order valence-electron chi connectivity index (χ4n) is 2.80. The van der Waals surface area contributed by atoms with Crippen molar-refractivity contribution < 1.29 is 13.2 Å². The van der Waals surface area contributed by atoms with Gasteiger partial charge in [0.1, 0.15) is 6.10 Å². The molecule has 1 fully saturated rings. The van der Waals surface area contributed by atoms with Crippen LogP contribution in [0.5, 0.6) is 5.88 Å². The van der Waals surface area contributed by atoms with Crippen LogP contribution in [-0.2, 0) is 10.0 Å². The molecule has 128 valence electrons. The van der Waals surface area contributed by atoms with Crippen molar-refractivity contribution in [2.24, 2.45) is 0 Å². The monoisotopic (exact) mass is 346 g/mol. The summed E-state index contributed by atoms with van der Waals surface area (Å²) in [5.41, 5.74) is 2.08. The van der Waals surface area contributed by atoms with E-state index in [0.717, 1.165) is 11.1 Å². The SMILES string of the molecule is Cc1ccc(S(=O)(=O)N2CCC(Oc3ccccn3)CC2)cc1C. The molecule has 0 N–H and O–H groups in total. The molecule has 1 saturated heterocycles. The van der Waals surface area contributed by atoms with Crippen molar-refractivity contribution in [3.05, 3.63) is 53.7 Å². The molecule has 0 radical (unpaired) electrons. The Kier molecular flexibility index (Phi) is 4.87. The average molecular weight is 346 g/mol. The molecule has 0 amide bonds. The second-order valence-corrected chi connectivity index (χ2v) is 8.07. The van der Waals surface area contributed by atoms with Crippen LogP contribution in [0.25, 0.3) is 0 Å². The number of ether oxygens (including phenoxy) is 1. The van der Waals surface area contributed by atoms with Crippen molar-refractivity contribution in [1.82, 2.24) is 9.29 Å². The minimum atomic E-state index is -3.44. The van der Waals surface area contributed by atoms with E-state index in [0.29, 0.717) is 36.7 Å². The number of hydrogen-bond acceptors (Lipinski definition) is 4. The summed E-state index contributed by atoms with van der Waals surface area (Å²) in [7, 11) is -3.44. The summed E-state index contributed by atoms with van der Waals surface area (Å²) >= 11 is 0. The number of pyridine rings is 1. The largest absolute Gasteiger partial charge is 0.474 e. The molecule has 0 bridgehead atoms. The number of aryl methyl sites for hydroxylation is 2. The zero-order valence-electron chi connectivity index (χ0n) is 14.0. The number of piperidine rings is 1. The number of nitrogens with zero attached hydrogens (tertiary/aromatic N) is 2. The molecule has 2 aromatic rings. The first kappa shape index (κ1) is 16.9. The lowest BCUT2D eigenvalue weighted by Gasteiger charge is -2.31. The van der Waals surface area contributed by atoms with Gasteiger partial charge in [0.25, 0.3) is 0 Å². The molecule has 1 aliphatic rings. The van der Waals surface area contributed by atoms with Crippen LogP contribution >= 0.6 is 0 Å². The number of aromatic nitrogens is 1. The van der Waals surface area contributed by atoms with Gasteiger partial charge in [0, 0.05) is 25.4 Å². The topological polar surface area (TPSA) is 59.5 Å². The van der Waals surface area contributed by atoms with E-state index >= 15 is 0 Å². The predicted molar refractivity (Wildman–Crippen MR) is 92.6 cm³/mol. The molecule has 6 heteroatoms. The van der Waals surface area contributed by atoms with E-state index in [9.17, 15) is 8.42 Å². The molecule has 3 rings (SSSR count). The van der Waals surface area contributed by atoms with Gasteiger partial charge < -0.3 is 4.74 Å². The van der Waals surface area contributed by atoms with Crippen molar-refractivity contribution in [3.8, 4) is 5.88 Å². The van der Waals surface area contributed by atoms with Crippen LogP contribution in [0, 0.1) is 13.8 Å². The van der Waals surface area contributed by atoms with E-state index in [4.69, 9.17) is 4.74 Å². The summed E-state index contributed by atoms with van der Waals surface area (Å²) in [6, 6.07) is 10.8. The highest BCUT2D eigenvalue weighted by atomic mass is 32.2. The molecule has 1 aromatic carbocycles. The lowest BCUT2D eigenvalue weighted by atomic mass is 10.1. The predicted octanol–water partition coefficient (Wildman–Crippen LogP) is 2.93. The molecular formula is C18H22N2O3S. The molecule has 2 heterocycles. The fraction of sp³-hybridized carbons (Fsp3) is 0.389. The van der Waals surface area contributed by atoms with Gasteiger partial charge in [-0.15, -0.1) is 0 Å². The first-order chi connectivity index (χ1) is 11.5. The van der Waals surface area contributed by atoms with Crippen LogP contribution in [0.1, 0.15) is 24.0 Å². The molecular weight excluding hydrogens is 324 g/mol. The van der Waals surface area contributed by atoms with Crippen molar-refractivity contribution in [3.63, 3.8) is 0 Å². The Morgan fingerprint density at radius 3 is 2.46 bits per heavy atom. The van der Waals surface area contributed by atoms with Crippen LogP contribution in [0.2, 0.25) is 0 Å². The Hall–Kier alpha value is -1.92. The van der Waals surface area contributed by atoms with Gasteiger partial charge in [0.2, 0.25) is 15.9 Å². The van der Waals surface area contributed by atoms with E-state index in [-0.39, 0.29) is 6.10 Å². The second-order valence-electron chi connectivity index (χ2n) is 6.14.